The summed E-state index contributed by atoms with van der Waals surface area (Å²) < 4.78 is 0. The molecule has 0 fully saturated rings. The number of hydrogen-bond acceptors (Lipinski definition) is 3. The van der Waals surface area contributed by atoms with Gasteiger partial charge in [-0.3, -0.25) is 4.98 Å². The van der Waals surface area contributed by atoms with Crippen molar-refractivity contribution in [2.24, 2.45) is 0 Å². The highest BCUT2D eigenvalue weighted by atomic mass is 32.1. The molecule has 0 saturated heterocycles. The van der Waals surface area contributed by atoms with E-state index in [4.69, 9.17) is 0 Å². The molecule has 1 aromatic rings. The van der Waals surface area contributed by atoms with E-state index in [0.29, 0.717) is 0 Å². The first-order valence-corrected chi connectivity index (χ1v) is 6.02. The fraction of sp³-hybridized carbons (Fsp3) is 0.583. The zero-order valence-corrected chi connectivity index (χ0v) is 10.4. The Kier molecular flexibility index (Phi) is 5.12. The molecule has 0 amide bonds. The molecule has 0 aliphatic rings. The number of rotatable bonds is 6. The summed E-state index contributed by atoms with van der Waals surface area (Å²) in [5.41, 5.74) is 1.42. The van der Waals surface area contributed by atoms with E-state index in [-0.39, 0.29) is 5.41 Å². The van der Waals surface area contributed by atoms with Gasteiger partial charge in [-0.15, -0.1) is 0 Å². The molecule has 0 bridgehead atoms. The minimum Gasteiger partial charge on any atom is -0.316 e. The third kappa shape index (κ3) is 4.22. The number of nitrogens with one attached hydrogen (secondary N) is 1. The number of thiol groups is 1. The van der Waals surface area contributed by atoms with Crippen LogP contribution in [-0.4, -0.2) is 23.8 Å². The lowest BCUT2D eigenvalue weighted by Gasteiger charge is -2.25. The second-order valence-corrected chi connectivity index (χ2v) is 4.83. The van der Waals surface area contributed by atoms with Crippen molar-refractivity contribution >= 4 is 12.6 Å². The molecule has 3 heteroatoms. The fourth-order valence-corrected chi connectivity index (χ4v) is 1.63. The van der Waals surface area contributed by atoms with E-state index >= 15 is 0 Å². The molecular formula is C12H20N2S. The third-order valence-corrected chi connectivity index (χ3v) is 2.84. The average Bonchev–Trinajstić information content (AvgIpc) is 2.26. The summed E-state index contributed by atoms with van der Waals surface area (Å²) in [5, 5.41) is 3.45. The van der Waals surface area contributed by atoms with Crippen LogP contribution in [0.2, 0.25) is 0 Å². The number of hydrogen-bond donors (Lipinski definition) is 2. The van der Waals surface area contributed by atoms with E-state index in [0.717, 1.165) is 25.3 Å². The van der Waals surface area contributed by atoms with Crippen molar-refractivity contribution in [3.63, 3.8) is 0 Å². The van der Waals surface area contributed by atoms with Gasteiger partial charge in [-0.1, -0.05) is 19.9 Å². The second kappa shape index (κ2) is 6.13. The molecule has 0 aliphatic heterocycles. The Morgan fingerprint density at radius 1 is 1.47 bits per heavy atom. The number of aromatic nitrogens is 1. The van der Waals surface area contributed by atoms with Gasteiger partial charge in [-0.05, 0) is 30.3 Å². The van der Waals surface area contributed by atoms with Gasteiger partial charge in [-0.2, -0.15) is 12.6 Å². The van der Waals surface area contributed by atoms with Gasteiger partial charge in [0.25, 0.3) is 0 Å². The van der Waals surface area contributed by atoms with Crippen molar-refractivity contribution in [2.45, 2.75) is 25.7 Å². The average molecular weight is 224 g/mol. The van der Waals surface area contributed by atoms with Crippen molar-refractivity contribution in [3.8, 4) is 0 Å². The highest BCUT2D eigenvalue weighted by molar-refractivity contribution is 7.80. The first-order chi connectivity index (χ1) is 7.17. The van der Waals surface area contributed by atoms with Crippen molar-refractivity contribution in [1.82, 2.24) is 10.3 Å². The summed E-state index contributed by atoms with van der Waals surface area (Å²) >= 11 is 4.19. The van der Waals surface area contributed by atoms with Crippen molar-refractivity contribution in [3.05, 3.63) is 30.1 Å². The van der Waals surface area contributed by atoms with Crippen LogP contribution >= 0.6 is 12.6 Å². The maximum absolute atomic E-state index is 4.19. The van der Waals surface area contributed by atoms with Gasteiger partial charge < -0.3 is 5.32 Å². The lowest BCUT2D eigenvalue weighted by atomic mass is 9.86. The predicted octanol–water partition coefficient (Wildman–Crippen LogP) is 2.27. The highest BCUT2D eigenvalue weighted by Gasteiger charge is 2.19. The Labute approximate surface area is 97.9 Å². The zero-order chi connectivity index (χ0) is 11.1. The summed E-state index contributed by atoms with van der Waals surface area (Å²) in [6.07, 6.45) is 4.88. The fourth-order valence-electron chi connectivity index (χ4n) is 1.47. The molecular weight excluding hydrogens is 204 g/mol. The van der Waals surface area contributed by atoms with Crippen LogP contribution < -0.4 is 5.32 Å². The van der Waals surface area contributed by atoms with Gasteiger partial charge in [0, 0.05) is 24.4 Å². The van der Waals surface area contributed by atoms with Crippen LogP contribution in [-0.2, 0) is 5.41 Å². The van der Waals surface area contributed by atoms with E-state index in [1.54, 1.807) is 0 Å². The minimum absolute atomic E-state index is 0.144. The van der Waals surface area contributed by atoms with Crippen LogP contribution in [0.5, 0.6) is 0 Å². The van der Waals surface area contributed by atoms with Crippen molar-refractivity contribution in [1.29, 1.82) is 0 Å². The van der Waals surface area contributed by atoms with E-state index in [1.165, 1.54) is 5.56 Å². The van der Waals surface area contributed by atoms with Gasteiger partial charge in [-0.25, -0.2) is 0 Å². The normalized spacial score (nSPS) is 11.7. The Hall–Kier alpha value is -0.540. The number of nitrogens with zero attached hydrogens (tertiary/aromatic N) is 1. The molecule has 0 saturated carbocycles. The van der Waals surface area contributed by atoms with Crippen LogP contribution in [0, 0.1) is 0 Å². The van der Waals surface area contributed by atoms with E-state index < -0.39 is 0 Å². The Morgan fingerprint density at radius 2 is 2.27 bits per heavy atom. The van der Waals surface area contributed by atoms with Crippen LogP contribution in [0.1, 0.15) is 25.8 Å². The Bertz CT molecular complexity index is 272. The first kappa shape index (κ1) is 12.5. The molecule has 0 radical (unpaired) electrons. The minimum atomic E-state index is 0.144. The van der Waals surface area contributed by atoms with Crippen molar-refractivity contribution < 1.29 is 0 Å². The quantitative estimate of drug-likeness (QED) is 0.572. The van der Waals surface area contributed by atoms with E-state index in [2.05, 4.69) is 42.8 Å². The Morgan fingerprint density at radius 3 is 2.87 bits per heavy atom. The third-order valence-electron chi connectivity index (χ3n) is 2.52. The monoisotopic (exact) mass is 224 g/mol. The first-order valence-electron chi connectivity index (χ1n) is 5.39. The molecule has 0 aromatic carbocycles. The van der Waals surface area contributed by atoms with Gasteiger partial charge >= 0.3 is 0 Å². The SMILES string of the molecule is CC(C)(CNCCCS)c1cccnc1. The maximum Gasteiger partial charge on any atom is 0.0305 e. The molecule has 0 aliphatic carbocycles. The van der Waals surface area contributed by atoms with Gasteiger partial charge in [0.1, 0.15) is 0 Å². The summed E-state index contributed by atoms with van der Waals surface area (Å²) in [4.78, 5) is 4.16. The smallest absolute Gasteiger partial charge is 0.0305 e. The number of pyridine rings is 1. The zero-order valence-electron chi connectivity index (χ0n) is 9.53. The van der Waals surface area contributed by atoms with E-state index in [9.17, 15) is 0 Å². The van der Waals surface area contributed by atoms with Crippen LogP contribution in [0.25, 0.3) is 0 Å². The summed E-state index contributed by atoms with van der Waals surface area (Å²) in [5.74, 6) is 0.945. The molecule has 84 valence electrons. The van der Waals surface area contributed by atoms with Gasteiger partial charge in [0.05, 0.1) is 0 Å². The van der Waals surface area contributed by atoms with Crippen LogP contribution in [0.3, 0.4) is 0 Å². The Balaban J connectivity index is 2.45. The molecule has 1 N–H and O–H groups in total. The summed E-state index contributed by atoms with van der Waals surface area (Å²) in [6.45, 7) is 6.48. The summed E-state index contributed by atoms with van der Waals surface area (Å²) in [7, 11) is 0. The highest BCUT2D eigenvalue weighted by Crippen LogP contribution is 2.20. The molecule has 1 rings (SSSR count). The van der Waals surface area contributed by atoms with Crippen LogP contribution in [0.15, 0.2) is 24.5 Å². The van der Waals surface area contributed by atoms with E-state index in [1.807, 2.05) is 18.5 Å². The lowest BCUT2D eigenvalue weighted by molar-refractivity contribution is 0.469. The molecule has 15 heavy (non-hydrogen) atoms. The van der Waals surface area contributed by atoms with Gasteiger partial charge in [0.2, 0.25) is 0 Å². The van der Waals surface area contributed by atoms with Crippen molar-refractivity contribution in [2.75, 3.05) is 18.8 Å². The molecule has 0 spiro atoms. The second-order valence-electron chi connectivity index (χ2n) is 4.38. The molecule has 1 heterocycles. The maximum atomic E-state index is 4.19. The molecule has 1 aromatic heterocycles. The predicted molar refractivity (Wildman–Crippen MR) is 68.6 cm³/mol. The standard InChI is InChI=1S/C12H20N2S/c1-12(2,10-14-7-4-8-15)11-5-3-6-13-9-11/h3,5-6,9,14-15H,4,7-8,10H2,1-2H3. The summed E-state index contributed by atoms with van der Waals surface area (Å²) in [6, 6.07) is 4.12. The molecule has 0 unspecified atom stereocenters. The lowest BCUT2D eigenvalue weighted by Crippen LogP contribution is -2.33. The van der Waals surface area contributed by atoms with Crippen LogP contribution in [0.4, 0.5) is 0 Å². The molecule has 2 nitrogen and oxygen atoms in total. The largest absolute Gasteiger partial charge is 0.316 e. The molecule has 0 atom stereocenters. The van der Waals surface area contributed by atoms with Gasteiger partial charge in [0.15, 0.2) is 0 Å². The topological polar surface area (TPSA) is 24.9 Å².